The Kier molecular flexibility index (Phi) is 6.28. The number of carbonyl (C=O) groups excluding carboxylic acids is 1. The Bertz CT molecular complexity index is 907. The summed E-state index contributed by atoms with van der Waals surface area (Å²) in [6.45, 7) is 3.33. The monoisotopic (exact) mass is 396 g/mol. The van der Waals surface area contributed by atoms with E-state index in [1.807, 2.05) is 30.1 Å². The van der Waals surface area contributed by atoms with E-state index in [0.717, 1.165) is 6.54 Å². The molecule has 0 unspecified atom stereocenters. The number of amides is 1. The second-order valence-electron chi connectivity index (χ2n) is 8.66. The number of aryl methyl sites for hydroxylation is 1. The fourth-order valence-electron chi connectivity index (χ4n) is 5.09. The number of rotatable bonds is 6. The number of nitrogens with zero attached hydrogens (tertiary/aromatic N) is 3. The lowest BCUT2D eigenvalue weighted by Gasteiger charge is -2.45. The van der Waals surface area contributed by atoms with Crippen LogP contribution in [0.25, 0.3) is 10.9 Å². The summed E-state index contributed by atoms with van der Waals surface area (Å²) in [5.74, 6) is 1.46. The molecule has 6 nitrogen and oxygen atoms in total. The highest BCUT2D eigenvalue weighted by atomic mass is 16.2. The van der Waals surface area contributed by atoms with Gasteiger partial charge in [0.1, 0.15) is 5.82 Å². The van der Waals surface area contributed by atoms with E-state index in [9.17, 15) is 9.59 Å². The molecule has 2 saturated heterocycles. The molecule has 1 aromatic heterocycles. The summed E-state index contributed by atoms with van der Waals surface area (Å²) in [5, 5.41) is 0.608. The number of nitrogens with one attached hydrogen (secondary N) is 1. The van der Waals surface area contributed by atoms with Crippen LogP contribution in [0.2, 0.25) is 0 Å². The minimum atomic E-state index is -0.108. The molecule has 2 atom stereocenters. The molecule has 2 aliphatic rings. The Morgan fingerprint density at radius 2 is 2.03 bits per heavy atom. The predicted molar refractivity (Wildman–Crippen MR) is 115 cm³/mol. The van der Waals surface area contributed by atoms with Gasteiger partial charge in [0.2, 0.25) is 5.91 Å². The van der Waals surface area contributed by atoms with Crippen LogP contribution >= 0.6 is 0 Å². The van der Waals surface area contributed by atoms with Crippen LogP contribution in [-0.2, 0) is 11.2 Å². The number of aromatic nitrogens is 2. The van der Waals surface area contributed by atoms with Crippen LogP contribution in [0, 0.1) is 5.92 Å². The molecule has 4 rings (SSSR count). The second kappa shape index (κ2) is 9.08. The van der Waals surface area contributed by atoms with Crippen LogP contribution in [0.15, 0.2) is 29.1 Å². The van der Waals surface area contributed by atoms with Gasteiger partial charge in [-0.05, 0) is 63.2 Å². The first kappa shape index (κ1) is 20.1. The number of aromatic amines is 1. The van der Waals surface area contributed by atoms with E-state index in [1.165, 1.54) is 45.2 Å². The van der Waals surface area contributed by atoms with Gasteiger partial charge in [-0.3, -0.25) is 9.59 Å². The highest BCUT2D eigenvalue weighted by Gasteiger charge is 2.33. The van der Waals surface area contributed by atoms with Gasteiger partial charge in [-0.1, -0.05) is 18.6 Å². The number of fused-ring (bicyclic) bond motifs is 2. The number of benzene rings is 1. The van der Waals surface area contributed by atoms with Crippen LogP contribution in [-0.4, -0.2) is 58.4 Å². The first-order chi connectivity index (χ1) is 14.1. The smallest absolute Gasteiger partial charge is 0.258 e. The van der Waals surface area contributed by atoms with Gasteiger partial charge in [0, 0.05) is 32.5 Å². The fourth-order valence-corrected chi connectivity index (χ4v) is 5.09. The Labute approximate surface area is 172 Å². The third kappa shape index (κ3) is 4.69. The molecular weight excluding hydrogens is 364 g/mol. The van der Waals surface area contributed by atoms with Gasteiger partial charge >= 0.3 is 0 Å². The SMILES string of the molecule is CN(C[C@@H]1CCCN2CCCC[C@@H]12)C(=O)CCCc1nc2ccccc2c(=O)[nH]1. The molecule has 6 heteroatoms. The molecule has 3 heterocycles. The summed E-state index contributed by atoms with van der Waals surface area (Å²) < 4.78 is 0. The maximum atomic E-state index is 12.7. The van der Waals surface area contributed by atoms with Gasteiger partial charge in [0.25, 0.3) is 5.56 Å². The molecule has 1 N–H and O–H groups in total. The van der Waals surface area contributed by atoms with Gasteiger partial charge in [-0.25, -0.2) is 4.98 Å². The van der Waals surface area contributed by atoms with Crippen LogP contribution in [0.3, 0.4) is 0 Å². The third-order valence-corrected chi connectivity index (χ3v) is 6.63. The van der Waals surface area contributed by atoms with Crippen LogP contribution in [0.1, 0.15) is 50.8 Å². The van der Waals surface area contributed by atoms with Crippen molar-refractivity contribution >= 4 is 16.8 Å². The summed E-state index contributed by atoms with van der Waals surface area (Å²) in [6, 6.07) is 8.02. The summed E-state index contributed by atoms with van der Waals surface area (Å²) in [4.78, 5) is 36.8. The van der Waals surface area contributed by atoms with Crippen molar-refractivity contribution in [2.45, 2.75) is 57.4 Å². The van der Waals surface area contributed by atoms with E-state index in [2.05, 4.69) is 14.9 Å². The number of hydrogen-bond donors (Lipinski definition) is 1. The number of para-hydroxylation sites is 1. The van der Waals surface area contributed by atoms with Crippen LogP contribution in [0.5, 0.6) is 0 Å². The summed E-state index contributed by atoms with van der Waals surface area (Å²) in [6.07, 6.45) is 8.23. The van der Waals surface area contributed by atoms with Crippen molar-refractivity contribution in [3.63, 3.8) is 0 Å². The maximum absolute atomic E-state index is 12.7. The van der Waals surface area contributed by atoms with Gasteiger partial charge in [-0.2, -0.15) is 0 Å². The van der Waals surface area contributed by atoms with Crippen molar-refractivity contribution in [2.24, 2.45) is 5.92 Å². The zero-order chi connectivity index (χ0) is 20.2. The molecule has 29 heavy (non-hydrogen) atoms. The highest BCUT2D eigenvalue weighted by molar-refractivity contribution is 5.77. The summed E-state index contributed by atoms with van der Waals surface area (Å²) in [7, 11) is 1.94. The Hall–Kier alpha value is -2.21. The minimum Gasteiger partial charge on any atom is -0.345 e. The van der Waals surface area contributed by atoms with Gasteiger partial charge < -0.3 is 14.8 Å². The number of piperidine rings is 2. The molecule has 0 radical (unpaired) electrons. The standard InChI is InChI=1S/C23H32N4O2/c1-26(16-17-8-7-15-27-14-5-4-11-20(17)27)22(28)13-6-12-21-24-19-10-3-2-9-18(19)23(29)25-21/h2-3,9-10,17,20H,4-8,11-16H2,1H3,(H,24,25,29)/t17-,20-/m0/s1. The van der Waals surface area contributed by atoms with E-state index < -0.39 is 0 Å². The maximum Gasteiger partial charge on any atom is 0.258 e. The van der Waals surface area contributed by atoms with Crippen molar-refractivity contribution in [1.29, 1.82) is 0 Å². The lowest BCUT2D eigenvalue weighted by atomic mass is 9.83. The van der Waals surface area contributed by atoms with E-state index in [1.54, 1.807) is 6.07 Å². The number of carbonyl (C=O) groups is 1. The predicted octanol–water partition coefficient (Wildman–Crippen LogP) is 2.97. The summed E-state index contributed by atoms with van der Waals surface area (Å²) in [5.41, 5.74) is 0.604. The third-order valence-electron chi connectivity index (χ3n) is 6.63. The van der Waals surface area contributed by atoms with E-state index in [4.69, 9.17) is 0 Å². The average molecular weight is 397 g/mol. The zero-order valence-electron chi connectivity index (χ0n) is 17.4. The van der Waals surface area contributed by atoms with Crippen molar-refractivity contribution < 1.29 is 4.79 Å². The molecule has 0 aliphatic carbocycles. The lowest BCUT2D eigenvalue weighted by molar-refractivity contribution is -0.131. The van der Waals surface area contributed by atoms with E-state index in [0.29, 0.717) is 47.9 Å². The lowest BCUT2D eigenvalue weighted by Crippen LogP contribution is -2.51. The van der Waals surface area contributed by atoms with Crippen molar-refractivity contribution in [2.75, 3.05) is 26.7 Å². The Morgan fingerprint density at radius 1 is 1.21 bits per heavy atom. The molecule has 2 fully saturated rings. The molecule has 0 bridgehead atoms. The zero-order valence-corrected chi connectivity index (χ0v) is 17.4. The molecule has 0 spiro atoms. The molecule has 2 aliphatic heterocycles. The van der Waals surface area contributed by atoms with Gasteiger partial charge in [-0.15, -0.1) is 0 Å². The molecular formula is C23H32N4O2. The van der Waals surface area contributed by atoms with Crippen molar-refractivity contribution in [1.82, 2.24) is 19.8 Å². The topological polar surface area (TPSA) is 69.3 Å². The molecule has 1 amide bonds. The molecule has 1 aromatic carbocycles. The Morgan fingerprint density at radius 3 is 2.93 bits per heavy atom. The second-order valence-corrected chi connectivity index (χ2v) is 8.66. The largest absolute Gasteiger partial charge is 0.345 e. The molecule has 2 aromatic rings. The van der Waals surface area contributed by atoms with E-state index >= 15 is 0 Å². The van der Waals surface area contributed by atoms with Crippen LogP contribution in [0.4, 0.5) is 0 Å². The van der Waals surface area contributed by atoms with Gasteiger partial charge in [0.15, 0.2) is 0 Å². The Balaban J connectivity index is 1.29. The van der Waals surface area contributed by atoms with Crippen LogP contribution < -0.4 is 5.56 Å². The number of hydrogen-bond acceptors (Lipinski definition) is 4. The average Bonchev–Trinajstić information content (AvgIpc) is 2.74. The molecule has 0 saturated carbocycles. The fraction of sp³-hybridized carbons (Fsp3) is 0.609. The van der Waals surface area contributed by atoms with Crippen molar-refractivity contribution in [3.8, 4) is 0 Å². The number of H-pyrrole nitrogens is 1. The van der Waals surface area contributed by atoms with Gasteiger partial charge in [0.05, 0.1) is 10.9 Å². The first-order valence-corrected chi connectivity index (χ1v) is 11.1. The molecule has 156 valence electrons. The highest BCUT2D eigenvalue weighted by Crippen LogP contribution is 2.31. The van der Waals surface area contributed by atoms with E-state index in [-0.39, 0.29) is 11.5 Å². The normalized spacial score (nSPS) is 22.4. The quantitative estimate of drug-likeness (QED) is 0.815. The van der Waals surface area contributed by atoms with Crippen molar-refractivity contribution in [3.05, 3.63) is 40.4 Å². The first-order valence-electron chi connectivity index (χ1n) is 11.1. The minimum absolute atomic E-state index is 0.108. The summed E-state index contributed by atoms with van der Waals surface area (Å²) >= 11 is 0.